The molecule has 1 aromatic carbocycles. The number of rotatable bonds is 9. The van der Waals surface area contributed by atoms with Crippen molar-refractivity contribution in [2.24, 2.45) is 0 Å². The molecule has 1 aliphatic rings. The highest BCUT2D eigenvalue weighted by molar-refractivity contribution is 5.98. The maximum absolute atomic E-state index is 12.9. The van der Waals surface area contributed by atoms with Crippen molar-refractivity contribution in [3.8, 4) is 11.5 Å². The van der Waals surface area contributed by atoms with Crippen LogP contribution in [-0.2, 0) is 17.8 Å². The van der Waals surface area contributed by atoms with E-state index in [0.717, 1.165) is 5.56 Å². The van der Waals surface area contributed by atoms with Crippen molar-refractivity contribution in [1.29, 1.82) is 0 Å². The average Bonchev–Trinajstić information content (AvgIpc) is 3.18. The fourth-order valence-electron chi connectivity index (χ4n) is 3.19. The number of carbonyl (C=O) groups excluding carboxylic acids is 2. The molecular formula is C20H26N4O5. The molecule has 156 valence electrons. The SMILES string of the molecule is COCCCNC(=O)c1cc2n(n1)CCN(Cc1cc(OC)cc(OC)c1)C2=O. The highest BCUT2D eigenvalue weighted by Gasteiger charge is 2.28. The lowest BCUT2D eigenvalue weighted by molar-refractivity contribution is 0.0682. The van der Waals surface area contributed by atoms with E-state index in [0.29, 0.717) is 56.4 Å². The Hall–Kier alpha value is -3.07. The first-order valence-corrected chi connectivity index (χ1v) is 9.42. The van der Waals surface area contributed by atoms with Crippen molar-refractivity contribution in [3.63, 3.8) is 0 Å². The highest BCUT2D eigenvalue weighted by Crippen LogP contribution is 2.24. The summed E-state index contributed by atoms with van der Waals surface area (Å²) in [5, 5.41) is 7.07. The number of ether oxygens (including phenoxy) is 3. The van der Waals surface area contributed by atoms with Gasteiger partial charge in [0.25, 0.3) is 11.8 Å². The number of methoxy groups -OCH3 is 3. The third-order valence-electron chi connectivity index (χ3n) is 4.70. The number of carbonyl (C=O) groups is 2. The van der Waals surface area contributed by atoms with Gasteiger partial charge in [-0.3, -0.25) is 14.3 Å². The Morgan fingerprint density at radius 3 is 2.48 bits per heavy atom. The molecule has 2 aromatic rings. The van der Waals surface area contributed by atoms with Gasteiger partial charge in [-0.05, 0) is 24.1 Å². The van der Waals surface area contributed by atoms with Crippen LogP contribution in [0.2, 0.25) is 0 Å². The summed E-state index contributed by atoms with van der Waals surface area (Å²) < 4.78 is 17.1. The fraction of sp³-hybridized carbons (Fsp3) is 0.450. The summed E-state index contributed by atoms with van der Waals surface area (Å²) in [5.74, 6) is 0.881. The van der Waals surface area contributed by atoms with Crippen LogP contribution in [0, 0.1) is 0 Å². The Morgan fingerprint density at radius 2 is 1.83 bits per heavy atom. The van der Waals surface area contributed by atoms with Crippen molar-refractivity contribution in [1.82, 2.24) is 20.0 Å². The maximum Gasteiger partial charge on any atom is 0.272 e. The largest absolute Gasteiger partial charge is 0.497 e. The number of amides is 2. The van der Waals surface area contributed by atoms with Gasteiger partial charge in [0.2, 0.25) is 0 Å². The minimum absolute atomic E-state index is 0.163. The van der Waals surface area contributed by atoms with Gasteiger partial charge in [-0.1, -0.05) is 0 Å². The predicted molar refractivity (Wildman–Crippen MR) is 105 cm³/mol. The minimum Gasteiger partial charge on any atom is -0.497 e. The summed E-state index contributed by atoms with van der Waals surface area (Å²) in [5.41, 5.74) is 1.56. The Kier molecular flexibility index (Phi) is 6.71. The van der Waals surface area contributed by atoms with Crippen LogP contribution >= 0.6 is 0 Å². The van der Waals surface area contributed by atoms with Gasteiger partial charge >= 0.3 is 0 Å². The molecular weight excluding hydrogens is 376 g/mol. The van der Waals surface area contributed by atoms with Crippen LogP contribution in [0.1, 0.15) is 33.0 Å². The second-order valence-electron chi connectivity index (χ2n) is 6.69. The molecule has 0 saturated carbocycles. The summed E-state index contributed by atoms with van der Waals surface area (Å²) in [6.45, 7) is 2.51. The molecule has 0 atom stereocenters. The Balaban J connectivity index is 1.69. The summed E-state index contributed by atoms with van der Waals surface area (Å²) in [6.07, 6.45) is 0.715. The molecule has 2 amide bonds. The summed E-state index contributed by atoms with van der Waals surface area (Å²) >= 11 is 0. The standard InChI is InChI=1S/C20H26N4O5/c1-27-8-4-5-21-19(25)17-12-18-20(26)23(6-7-24(18)22-17)13-14-9-15(28-2)11-16(10-14)29-3/h9-12H,4-8,13H2,1-3H3,(H,21,25). The smallest absolute Gasteiger partial charge is 0.272 e. The molecule has 1 N–H and O–H groups in total. The Bertz CT molecular complexity index is 858. The van der Waals surface area contributed by atoms with E-state index >= 15 is 0 Å². The van der Waals surface area contributed by atoms with Crippen LogP contribution in [0.4, 0.5) is 0 Å². The van der Waals surface area contributed by atoms with E-state index in [1.54, 1.807) is 43.0 Å². The molecule has 0 unspecified atom stereocenters. The van der Waals surface area contributed by atoms with E-state index in [9.17, 15) is 9.59 Å². The molecule has 0 radical (unpaired) electrons. The van der Waals surface area contributed by atoms with Crippen molar-refractivity contribution in [3.05, 3.63) is 41.2 Å². The van der Waals surface area contributed by atoms with Crippen molar-refractivity contribution < 1.29 is 23.8 Å². The molecule has 9 heteroatoms. The van der Waals surface area contributed by atoms with Crippen LogP contribution < -0.4 is 14.8 Å². The second-order valence-corrected chi connectivity index (χ2v) is 6.69. The van der Waals surface area contributed by atoms with Crippen molar-refractivity contribution >= 4 is 11.8 Å². The average molecular weight is 402 g/mol. The zero-order chi connectivity index (χ0) is 20.8. The van der Waals surface area contributed by atoms with Gasteiger partial charge in [-0.15, -0.1) is 0 Å². The molecule has 0 saturated heterocycles. The molecule has 2 heterocycles. The molecule has 0 bridgehead atoms. The van der Waals surface area contributed by atoms with E-state index < -0.39 is 0 Å². The third kappa shape index (κ3) is 4.86. The Labute approximate surface area is 169 Å². The minimum atomic E-state index is -0.292. The van der Waals surface area contributed by atoms with E-state index in [1.807, 2.05) is 12.1 Å². The lowest BCUT2D eigenvalue weighted by Gasteiger charge is -2.27. The molecule has 9 nitrogen and oxygen atoms in total. The number of nitrogens with zero attached hydrogens (tertiary/aromatic N) is 3. The molecule has 3 rings (SSSR count). The summed E-state index contributed by atoms with van der Waals surface area (Å²) in [4.78, 5) is 26.9. The van der Waals surface area contributed by atoms with Gasteiger partial charge in [0.15, 0.2) is 5.69 Å². The zero-order valence-electron chi connectivity index (χ0n) is 16.9. The topological polar surface area (TPSA) is 94.9 Å². The predicted octanol–water partition coefficient (Wildman–Crippen LogP) is 1.32. The lowest BCUT2D eigenvalue weighted by atomic mass is 10.1. The molecule has 1 aromatic heterocycles. The molecule has 1 aliphatic heterocycles. The van der Waals surface area contributed by atoms with Crippen LogP contribution in [0.25, 0.3) is 0 Å². The monoisotopic (exact) mass is 402 g/mol. The first kappa shape index (κ1) is 20.7. The maximum atomic E-state index is 12.9. The van der Waals surface area contributed by atoms with Gasteiger partial charge in [0.1, 0.15) is 17.2 Å². The van der Waals surface area contributed by atoms with Gasteiger partial charge in [-0.25, -0.2) is 0 Å². The molecule has 0 fully saturated rings. The van der Waals surface area contributed by atoms with Crippen molar-refractivity contribution in [2.45, 2.75) is 19.5 Å². The van der Waals surface area contributed by atoms with Crippen LogP contribution in [0.15, 0.2) is 24.3 Å². The van der Waals surface area contributed by atoms with Gasteiger partial charge < -0.3 is 24.4 Å². The van der Waals surface area contributed by atoms with Crippen LogP contribution in [-0.4, -0.2) is 67.5 Å². The quantitative estimate of drug-likeness (QED) is 0.636. The Morgan fingerprint density at radius 1 is 1.10 bits per heavy atom. The van der Waals surface area contributed by atoms with Crippen molar-refractivity contribution in [2.75, 3.05) is 41.0 Å². The van der Waals surface area contributed by atoms with E-state index in [2.05, 4.69) is 10.4 Å². The fourth-order valence-corrected chi connectivity index (χ4v) is 3.19. The third-order valence-corrected chi connectivity index (χ3v) is 4.70. The first-order chi connectivity index (χ1) is 14.0. The second kappa shape index (κ2) is 9.42. The number of nitrogens with one attached hydrogen (secondary N) is 1. The normalized spacial score (nSPS) is 13.2. The number of hydrogen-bond donors (Lipinski definition) is 1. The molecule has 29 heavy (non-hydrogen) atoms. The molecule has 0 aliphatic carbocycles. The summed E-state index contributed by atoms with van der Waals surface area (Å²) in [6, 6.07) is 7.08. The molecule has 0 spiro atoms. The van der Waals surface area contributed by atoms with Gasteiger partial charge in [0, 0.05) is 45.5 Å². The first-order valence-electron chi connectivity index (χ1n) is 9.42. The van der Waals surface area contributed by atoms with Crippen LogP contribution in [0.5, 0.6) is 11.5 Å². The van der Waals surface area contributed by atoms with Gasteiger partial charge in [-0.2, -0.15) is 5.10 Å². The highest BCUT2D eigenvalue weighted by atomic mass is 16.5. The zero-order valence-corrected chi connectivity index (χ0v) is 16.9. The van der Waals surface area contributed by atoms with Crippen LogP contribution in [0.3, 0.4) is 0 Å². The summed E-state index contributed by atoms with van der Waals surface area (Å²) in [7, 11) is 4.79. The number of fused-ring (bicyclic) bond motifs is 1. The number of aromatic nitrogens is 2. The lowest BCUT2D eigenvalue weighted by Crippen LogP contribution is -2.39. The van der Waals surface area contributed by atoms with E-state index in [1.165, 1.54) is 0 Å². The van der Waals surface area contributed by atoms with Gasteiger partial charge in [0.05, 0.1) is 20.8 Å². The number of benzene rings is 1. The van der Waals surface area contributed by atoms with E-state index in [-0.39, 0.29) is 17.5 Å². The number of hydrogen-bond acceptors (Lipinski definition) is 6. The van der Waals surface area contributed by atoms with E-state index in [4.69, 9.17) is 14.2 Å².